The van der Waals surface area contributed by atoms with Crippen LogP contribution in [0, 0.1) is 0 Å². The van der Waals surface area contributed by atoms with Crippen LogP contribution < -0.4 is 33.2 Å². The number of carboxylic acids is 2. The summed E-state index contributed by atoms with van der Waals surface area (Å²) in [6.45, 7) is 0.120. The Morgan fingerprint density at radius 3 is 1.88 bits per heavy atom. The fourth-order valence-electron chi connectivity index (χ4n) is 3.52. The quantitative estimate of drug-likeness (QED) is 0.0505. The van der Waals surface area contributed by atoms with E-state index in [-0.39, 0.29) is 38.2 Å². The molecule has 18 nitrogen and oxygen atoms in total. The highest BCUT2D eigenvalue weighted by atomic mass is 16.4. The van der Waals surface area contributed by atoms with Gasteiger partial charge in [-0.15, -0.1) is 0 Å². The molecule has 0 saturated heterocycles. The zero-order valence-corrected chi connectivity index (χ0v) is 21.4. The van der Waals surface area contributed by atoms with Crippen molar-refractivity contribution in [3.05, 3.63) is 36.4 Å². The highest BCUT2D eigenvalue weighted by molar-refractivity contribution is 5.94. The Hall–Kier alpha value is -5.00. The molecule has 0 spiro atoms. The van der Waals surface area contributed by atoms with Gasteiger partial charge in [-0.25, -0.2) is 14.8 Å². The maximum absolute atomic E-state index is 13.3. The van der Waals surface area contributed by atoms with Gasteiger partial charge in [-0.05, 0) is 12.8 Å². The molecule has 3 amide bonds. The number of rotatable bonds is 17. The van der Waals surface area contributed by atoms with Crippen molar-refractivity contribution in [3.63, 3.8) is 0 Å². The summed E-state index contributed by atoms with van der Waals surface area (Å²) in [4.78, 5) is 78.7. The zero-order chi connectivity index (χ0) is 29.7. The molecule has 4 atom stereocenters. The monoisotopic (exact) mass is 563 g/mol. The molecule has 2 aromatic heterocycles. The molecule has 0 aromatic carbocycles. The second-order valence-electron chi connectivity index (χ2n) is 8.74. The summed E-state index contributed by atoms with van der Waals surface area (Å²) < 4.78 is 0. The lowest BCUT2D eigenvalue weighted by Gasteiger charge is -2.25. The van der Waals surface area contributed by atoms with E-state index in [1.807, 2.05) is 0 Å². The van der Waals surface area contributed by atoms with Gasteiger partial charge in [0.05, 0.1) is 25.1 Å². The molecule has 218 valence electrons. The first-order valence-corrected chi connectivity index (χ1v) is 12.1. The van der Waals surface area contributed by atoms with Gasteiger partial charge < -0.3 is 53.3 Å². The third-order valence-electron chi connectivity index (χ3n) is 5.51. The number of amides is 3. The summed E-state index contributed by atoms with van der Waals surface area (Å²) in [5.74, 6) is -5.32. The number of imidazole rings is 2. The Balaban J connectivity index is 2.21. The largest absolute Gasteiger partial charge is 0.481 e. The van der Waals surface area contributed by atoms with E-state index in [4.69, 9.17) is 22.3 Å². The highest BCUT2D eigenvalue weighted by Gasteiger charge is 2.31. The van der Waals surface area contributed by atoms with Crippen molar-refractivity contribution in [2.75, 3.05) is 6.54 Å². The summed E-state index contributed by atoms with van der Waals surface area (Å²) in [7, 11) is 0. The van der Waals surface area contributed by atoms with Crippen LogP contribution in [0.3, 0.4) is 0 Å². The molecule has 0 bridgehead atoms. The van der Waals surface area contributed by atoms with Crippen molar-refractivity contribution in [1.29, 1.82) is 0 Å². The molecule has 0 saturated carbocycles. The van der Waals surface area contributed by atoms with Crippen molar-refractivity contribution in [1.82, 2.24) is 35.9 Å². The van der Waals surface area contributed by atoms with Crippen LogP contribution >= 0.6 is 0 Å². The summed E-state index contributed by atoms with van der Waals surface area (Å²) in [5.41, 5.74) is 17.2. The second kappa shape index (κ2) is 15.4. The second-order valence-corrected chi connectivity index (χ2v) is 8.74. The van der Waals surface area contributed by atoms with Crippen LogP contribution in [-0.2, 0) is 36.8 Å². The lowest BCUT2D eigenvalue weighted by atomic mass is 10.1. The average molecular weight is 564 g/mol. The van der Waals surface area contributed by atoms with Gasteiger partial charge in [-0.3, -0.25) is 24.2 Å². The molecule has 0 aliphatic carbocycles. The Bertz CT molecular complexity index is 1160. The van der Waals surface area contributed by atoms with Crippen molar-refractivity contribution >= 4 is 35.6 Å². The number of nitrogens with one attached hydrogen (secondary N) is 5. The summed E-state index contributed by atoms with van der Waals surface area (Å²) in [6.07, 6.45) is 4.92. The van der Waals surface area contributed by atoms with Gasteiger partial charge in [0.15, 0.2) is 5.96 Å². The van der Waals surface area contributed by atoms with Crippen molar-refractivity contribution in [2.24, 2.45) is 22.2 Å². The van der Waals surface area contributed by atoms with Gasteiger partial charge in [-0.1, -0.05) is 0 Å². The maximum Gasteiger partial charge on any atom is 0.326 e. The molecule has 2 rings (SSSR count). The molecule has 2 heterocycles. The first-order valence-electron chi connectivity index (χ1n) is 12.1. The molecule has 0 aliphatic rings. The van der Waals surface area contributed by atoms with E-state index in [1.165, 1.54) is 25.0 Å². The molecule has 0 aliphatic heterocycles. The number of hydrogen-bond donors (Lipinski definition) is 10. The van der Waals surface area contributed by atoms with E-state index in [1.54, 1.807) is 0 Å². The van der Waals surface area contributed by atoms with Gasteiger partial charge in [0.1, 0.15) is 18.1 Å². The third kappa shape index (κ3) is 10.8. The Labute approximate surface area is 227 Å². The van der Waals surface area contributed by atoms with E-state index in [0.29, 0.717) is 11.4 Å². The fourth-order valence-corrected chi connectivity index (χ4v) is 3.52. The van der Waals surface area contributed by atoms with Gasteiger partial charge >= 0.3 is 11.9 Å². The number of aromatic nitrogens is 4. The number of aromatic amines is 2. The van der Waals surface area contributed by atoms with Crippen LogP contribution in [0.4, 0.5) is 0 Å². The minimum absolute atomic E-state index is 0.00408. The molecule has 40 heavy (non-hydrogen) atoms. The van der Waals surface area contributed by atoms with Gasteiger partial charge in [-0.2, -0.15) is 0 Å². The first-order chi connectivity index (χ1) is 19.0. The standard InChI is InChI=1S/C22H33N11O7/c23-13(6-17(34)35)18(36)31-14(2-1-3-28-22(24)25)19(37)32-15(4-11-7-26-9-29-11)20(38)33-16(21(39)40)5-12-8-27-10-30-12/h7-10,13-16H,1-6,23H2,(H,26,29)(H,27,30)(H,31,36)(H,32,37)(H,33,38)(H,34,35)(H,39,40)(H4,24,25,28). The van der Waals surface area contributed by atoms with Crippen LogP contribution in [0.2, 0.25) is 0 Å². The molecular weight excluding hydrogens is 530 g/mol. The normalized spacial score (nSPS) is 13.7. The number of H-pyrrole nitrogens is 2. The number of aliphatic imine (C=N–C) groups is 1. The molecule has 13 N–H and O–H groups in total. The van der Waals surface area contributed by atoms with Gasteiger partial charge in [0.2, 0.25) is 17.7 Å². The lowest BCUT2D eigenvalue weighted by molar-refractivity contribution is -0.142. The number of aliphatic carboxylic acids is 2. The van der Waals surface area contributed by atoms with Crippen molar-refractivity contribution in [2.45, 2.75) is 56.3 Å². The summed E-state index contributed by atoms with van der Waals surface area (Å²) in [6, 6.07) is -5.33. The molecule has 2 aromatic rings. The van der Waals surface area contributed by atoms with E-state index in [9.17, 15) is 29.1 Å². The van der Waals surface area contributed by atoms with E-state index >= 15 is 0 Å². The van der Waals surface area contributed by atoms with E-state index < -0.39 is 60.2 Å². The lowest BCUT2D eigenvalue weighted by Crippen LogP contribution is -2.58. The van der Waals surface area contributed by atoms with Crippen LogP contribution in [0.25, 0.3) is 0 Å². The Morgan fingerprint density at radius 1 is 0.850 bits per heavy atom. The zero-order valence-electron chi connectivity index (χ0n) is 21.4. The minimum atomic E-state index is -1.44. The fraction of sp³-hybridized carbons (Fsp3) is 0.455. The van der Waals surface area contributed by atoms with Gasteiger partial charge in [0, 0.05) is 43.2 Å². The Morgan fingerprint density at radius 2 is 1.38 bits per heavy atom. The predicted octanol–water partition coefficient (Wildman–Crippen LogP) is -3.69. The SMILES string of the molecule is NC(N)=NCCCC(NC(=O)C(N)CC(=O)O)C(=O)NC(Cc1cnc[nH]1)C(=O)NC(Cc1cnc[nH]1)C(=O)O. The molecule has 0 fully saturated rings. The number of guanidine groups is 1. The number of nitrogens with two attached hydrogens (primary N) is 3. The number of hydrogen-bond acceptors (Lipinski definition) is 9. The Kier molecular flexibility index (Phi) is 12.0. The van der Waals surface area contributed by atoms with Crippen LogP contribution in [0.15, 0.2) is 30.0 Å². The van der Waals surface area contributed by atoms with Crippen LogP contribution in [0.1, 0.15) is 30.7 Å². The maximum atomic E-state index is 13.3. The topological polar surface area (TPSA) is 310 Å². The number of carbonyl (C=O) groups is 5. The predicted molar refractivity (Wildman–Crippen MR) is 138 cm³/mol. The minimum Gasteiger partial charge on any atom is -0.481 e. The first kappa shape index (κ1) is 31.2. The summed E-state index contributed by atoms with van der Waals surface area (Å²) >= 11 is 0. The number of carboxylic acid groups (broad SMARTS) is 2. The molecule has 0 radical (unpaired) electrons. The molecule has 18 heteroatoms. The van der Waals surface area contributed by atoms with Crippen molar-refractivity contribution in [3.8, 4) is 0 Å². The van der Waals surface area contributed by atoms with Crippen LogP contribution in [-0.4, -0.2) is 96.5 Å². The van der Waals surface area contributed by atoms with E-state index in [0.717, 1.165) is 0 Å². The molecular formula is C22H33N11O7. The average Bonchev–Trinajstić information content (AvgIpc) is 3.58. The smallest absolute Gasteiger partial charge is 0.326 e. The summed E-state index contributed by atoms with van der Waals surface area (Å²) in [5, 5.41) is 25.9. The number of nitrogens with zero attached hydrogens (tertiary/aromatic N) is 3. The third-order valence-corrected chi connectivity index (χ3v) is 5.51. The van der Waals surface area contributed by atoms with E-state index in [2.05, 4.69) is 40.9 Å². The highest BCUT2D eigenvalue weighted by Crippen LogP contribution is 2.06. The van der Waals surface area contributed by atoms with Gasteiger partial charge in [0.25, 0.3) is 0 Å². The molecule has 4 unspecified atom stereocenters. The van der Waals surface area contributed by atoms with Crippen LogP contribution in [0.5, 0.6) is 0 Å². The van der Waals surface area contributed by atoms with Crippen molar-refractivity contribution < 1.29 is 34.2 Å². The number of carbonyl (C=O) groups excluding carboxylic acids is 3.